The van der Waals surface area contributed by atoms with Crippen molar-refractivity contribution in [2.24, 2.45) is 0 Å². The van der Waals surface area contributed by atoms with E-state index in [0.717, 1.165) is 11.3 Å². The Bertz CT molecular complexity index is 763. The van der Waals surface area contributed by atoms with E-state index < -0.39 is 17.2 Å². The zero-order chi connectivity index (χ0) is 19.4. The molecule has 0 aliphatic rings. The molecular formula is C21H25BrO4. The number of ether oxygens (including phenoxy) is 3. The highest BCUT2D eigenvalue weighted by molar-refractivity contribution is 9.08. The minimum atomic E-state index is -1.11. The van der Waals surface area contributed by atoms with Crippen molar-refractivity contribution in [2.75, 3.05) is 0 Å². The largest absolute Gasteiger partial charge is 0.476 e. The summed E-state index contributed by atoms with van der Waals surface area (Å²) >= 11 is 3.46. The fourth-order valence-corrected chi connectivity index (χ4v) is 2.64. The van der Waals surface area contributed by atoms with Crippen LogP contribution in [0.4, 0.5) is 0 Å². The summed E-state index contributed by atoms with van der Waals surface area (Å²) in [5.74, 6) is 1.53. The number of halogens is 1. The van der Waals surface area contributed by atoms with Crippen LogP contribution in [0.5, 0.6) is 17.2 Å². The van der Waals surface area contributed by atoms with Crippen LogP contribution in [0.3, 0.4) is 0 Å². The first kappa shape index (κ1) is 20.3. The Hall–Kier alpha value is -2.01. The monoisotopic (exact) mass is 420 g/mol. The molecule has 0 unspecified atom stereocenters. The van der Waals surface area contributed by atoms with Crippen LogP contribution in [0.25, 0.3) is 0 Å². The second-order valence-corrected chi connectivity index (χ2v) is 7.99. The van der Waals surface area contributed by atoms with Gasteiger partial charge in [0.15, 0.2) is 5.60 Å². The lowest BCUT2D eigenvalue weighted by atomic mass is 10.1. The minimum Gasteiger partial charge on any atom is -0.476 e. The molecule has 26 heavy (non-hydrogen) atoms. The molecule has 2 aromatic carbocycles. The Kier molecular flexibility index (Phi) is 6.34. The van der Waals surface area contributed by atoms with Crippen LogP contribution in [0.15, 0.2) is 48.5 Å². The van der Waals surface area contributed by atoms with Crippen molar-refractivity contribution in [1.82, 2.24) is 0 Å². The molecule has 0 heterocycles. The summed E-state index contributed by atoms with van der Waals surface area (Å²) in [6, 6.07) is 15.0. The topological polar surface area (TPSA) is 44.8 Å². The van der Waals surface area contributed by atoms with E-state index in [2.05, 4.69) is 15.9 Å². The van der Waals surface area contributed by atoms with Crippen LogP contribution < -0.4 is 9.47 Å². The van der Waals surface area contributed by atoms with Crippen LogP contribution in [0.1, 0.15) is 40.2 Å². The third kappa shape index (κ3) is 5.77. The van der Waals surface area contributed by atoms with Gasteiger partial charge in [-0.1, -0.05) is 40.2 Å². The van der Waals surface area contributed by atoms with Gasteiger partial charge in [-0.15, -0.1) is 0 Å². The number of hydrogen-bond donors (Lipinski definition) is 0. The molecule has 0 saturated carbocycles. The average Bonchev–Trinajstić information content (AvgIpc) is 2.53. The second kappa shape index (κ2) is 8.12. The fourth-order valence-electron chi connectivity index (χ4n) is 2.18. The van der Waals surface area contributed by atoms with Gasteiger partial charge in [-0.25, -0.2) is 4.79 Å². The van der Waals surface area contributed by atoms with Crippen molar-refractivity contribution in [2.45, 2.75) is 51.2 Å². The molecule has 5 heteroatoms. The van der Waals surface area contributed by atoms with Gasteiger partial charge in [-0.2, -0.15) is 0 Å². The molecule has 0 aromatic heterocycles. The smallest absolute Gasteiger partial charge is 0.350 e. The zero-order valence-electron chi connectivity index (χ0n) is 15.8. The van der Waals surface area contributed by atoms with Crippen molar-refractivity contribution >= 4 is 21.9 Å². The maximum absolute atomic E-state index is 12.4. The lowest BCUT2D eigenvalue weighted by Crippen LogP contribution is -2.43. The molecule has 4 nitrogen and oxygen atoms in total. The number of esters is 1. The molecule has 0 saturated heterocycles. The van der Waals surface area contributed by atoms with Crippen LogP contribution in [-0.2, 0) is 14.9 Å². The third-order valence-electron chi connectivity index (χ3n) is 3.41. The summed E-state index contributed by atoms with van der Waals surface area (Å²) in [6.07, 6.45) is 0. The number of carbonyl (C=O) groups is 1. The molecule has 140 valence electrons. The molecule has 2 rings (SSSR count). The first-order valence-electron chi connectivity index (χ1n) is 8.45. The van der Waals surface area contributed by atoms with Gasteiger partial charge in [0.05, 0.1) is 0 Å². The Morgan fingerprint density at radius 3 is 2.27 bits per heavy atom. The van der Waals surface area contributed by atoms with E-state index in [9.17, 15) is 4.79 Å². The van der Waals surface area contributed by atoms with Crippen molar-refractivity contribution in [3.05, 3.63) is 54.1 Å². The average molecular weight is 421 g/mol. The van der Waals surface area contributed by atoms with Gasteiger partial charge in [-0.3, -0.25) is 0 Å². The van der Waals surface area contributed by atoms with Gasteiger partial charge in [0.2, 0.25) is 0 Å². The molecule has 0 spiro atoms. The summed E-state index contributed by atoms with van der Waals surface area (Å²) in [7, 11) is 0. The standard InChI is InChI=1S/C21H25BrO4/c1-20(2,3)26-19(23)21(4,5)25-17-11-8-10-16(13-17)24-18-12-7-6-9-15(18)14-22/h6-13H,14H2,1-5H3. The number of hydrogen-bond acceptors (Lipinski definition) is 4. The Balaban J connectivity index is 2.15. The van der Waals surface area contributed by atoms with Crippen LogP contribution in [0.2, 0.25) is 0 Å². The maximum atomic E-state index is 12.4. The van der Waals surface area contributed by atoms with Gasteiger partial charge in [0.25, 0.3) is 0 Å². The fraction of sp³-hybridized carbons (Fsp3) is 0.381. The molecular weight excluding hydrogens is 396 g/mol. The number of carbonyl (C=O) groups excluding carboxylic acids is 1. The van der Waals surface area contributed by atoms with Crippen LogP contribution in [-0.4, -0.2) is 17.2 Å². The van der Waals surface area contributed by atoms with Crippen LogP contribution >= 0.6 is 15.9 Å². The zero-order valence-corrected chi connectivity index (χ0v) is 17.4. The highest BCUT2D eigenvalue weighted by Gasteiger charge is 2.34. The quantitative estimate of drug-likeness (QED) is 0.432. The first-order valence-corrected chi connectivity index (χ1v) is 9.57. The minimum absolute atomic E-state index is 0.416. The Labute approximate surface area is 163 Å². The molecule has 0 radical (unpaired) electrons. The van der Waals surface area contributed by atoms with Gasteiger partial charge < -0.3 is 14.2 Å². The number of rotatable bonds is 6. The molecule has 0 amide bonds. The van der Waals surface area contributed by atoms with E-state index in [4.69, 9.17) is 14.2 Å². The maximum Gasteiger partial charge on any atom is 0.350 e. The Morgan fingerprint density at radius 2 is 1.62 bits per heavy atom. The number of alkyl halides is 1. The lowest BCUT2D eigenvalue weighted by Gasteiger charge is -2.29. The van der Waals surface area contributed by atoms with E-state index in [-0.39, 0.29) is 0 Å². The summed E-state index contributed by atoms with van der Waals surface area (Å²) in [5, 5.41) is 0.699. The van der Waals surface area contributed by atoms with Crippen molar-refractivity contribution in [3.8, 4) is 17.2 Å². The Morgan fingerprint density at radius 1 is 0.962 bits per heavy atom. The van der Waals surface area contributed by atoms with Gasteiger partial charge in [0.1, 0.15) is 22.8 Å². The molecule has 0 bridgehead atoms. The number of para-hydroxylation sites is 1. The molecule has 2 aromatic rings. The van der Waals surface area contributed by atoms with Crippen LogP contribution in [0, 0.1) is 0 Å². The summed E-state index contributed by atoms with van der Waals surface area (Å²) in [5.41, 5.74) is -0.630. The van der Waals surface area contributed by atoms with E-state index in [1.807, 2.05) is 57.2 Å². The van der Waals surface area contributed by atoms with Crippen molar-refractivity contribution < 1.29 is 19.0 Å². The lowest BCUT2D eigenvalue weighted by molar-refractivity contribution is -0.170. The van der Waals surface area contributed by atoms with E-state index in [1.165, 1.54) is 0 Å². The highest BCUT2D eigenvalue weighted by Crippen LogP contribution is 2.30. The SMILES string of the molecule is CC(C)(C)OC(=O)C(C)(C)Oc1cccc(Oc2ccccc2CBr)c1. The molecule has 0 aliphatic heterocycles. The van der Waals surface area contributed by atoms with E-state index in [0.29, 0.717) is 16.8 Å². The van der Waals surface area contributed by atoms with Gasteiger partial charge in [0, 0.05) is 17.0 Å². The van der Waals surface area contributed by atoms with Gasteiger partial charge in [-0.05, 0) is 52.8 Å². The molecule has 0 atom stereocenters. The van der Waals surface area contributed by atoms with E-state index in [1.54, 1.807) is 26.0 Å². The normalized spacial score (nSPS) is 11.8. The third-order valence-corrected chi connectivity index (χ3v) is 4.02. The summed E-state index contributed by atoms with van der Waals surface area (Å²) in [4.78, 5) is 12.4. The predicted octanol–water partition coefficient (Wildman–Crippen LogP) is 5.87. The highest BCUT2D eigenvalue weighted by atomic mass is 79.9. The summed E-state index contributed by atoms with van der Waals surface area (Å²) < 4.78 is 17.3. The molecule has 0 fully saturated rings. The van der Waals surface area contributed by atoms with Gasteiger partial charge >= 0.3 is 5.97 Å². The number of benzene rings is 2. The second-order valence-electron chi connectivity index (χ2n) is 7.43. The molecule has 0 N–H and O–H groups in total. The predicted molar refractivity (Wildman–Crippen MR) is 106 cm³/mol. The molecule has 0 aliphatic carbocycles. The first-order chi connectivity index (χ1) is 12.1. The summed E-state index contributed by atoms with van der Waals surface area (Å²) in [6.45, 7) is 8.87. The van der Waals surface area contributed by atoms with E-state index >= 15 is 0 Å². The van der Waals surface area contributed by atoms with Crippen molar-refractivity contribution in [3.63, 3.8) is 0 Å². The van der Waals surface area contributed by atoms with Crippen molar-refractivity contribution in [1.29, 1.82) is 0 Å².